The Kier molecular flexibility index (Phi) is 4.55. The summed E-state index contributed by atoms with van der Waals surface area (Å²) >= 11 is 0. The van der Waals surface area contributed by atoms with Gasteiger partial charge in [0.2, 0.25) is 11.8 Å². The first-order chi connectivity index (χ1) is 11.1. The van der Waals surface area contributed by atoms with Crippen molar-refractivity contribution in [3.8, 4) is 5.75 Å². The third-order valence-corrected chi connectivity index (χ3v) is 4.94. The molecule has 0 N–H and O–H groups in total. The molecule has 5 nitrogen and oxygen atoms in total. The first-order valence-electron chi connectivity index (χ1n) is 8.35. The number of hydrogen-bond acceptors (Lipinski definition) is 3. The molecule has 1 aromatic carbocycles. The van der Waals surface area contributed by atoms with Gasteiger partial charge in [0.1, 0.15) is 5.75 Å². The maximum Gasteiger partial charge on any atom is 0.228 e. The Morgan fingerprint density at radius 2 is 1.96 bits per heavy atom. The Balaban J connectivity index is 1.70. The molecule has 2 fully saturated rings. The van der Waals surface area contributed by atoms with Gasteiger partial charge < -0.3 is 14.5 Å². The minimum Gasteiger partial charge on any atom is -0.497 e. The lowest BCUT2D eigenvalue weighted by atomic mass is 9.99. The fourth-order valence-corrected chi connectivity index (χ4v) is 3.54. The molecular weight excluding hydrogens is 292 g/mol. The SMILES string of the molecule is COc1ccc(N2C[C@H](C(=O)N3CCCC[C@@H]3C)CC2=O)cc1. The number of anilines is 1. The second kappa shape index (κ2) is 6.60. The lowest BCUT2D eigenvalue weighted by molar-refractivity contribution is -0.139. The third kappa shape index (κ3) is 3.19. The monoisotopic (exact) mass is 316 g/mol. The summed E-state index contributed by atoms with van der Waals surface area (Å²) in [6.45, 7) is 3.41. The fourth-order valence-electron chi connectivity index (χ4n) is 3.54. The molecule has 0 saturated carbocycles. The molecule has 124 valence electrons. The van der Waals surface area contributed by atoms with Crippen LogP contribution in [0, 0.1) is 5.92 Å². The summed E-state index contributed by atoms with van der Waals surface area (Å²) in [7, 11) is 1.62. The van der Waals surface area contributed by atoms with Gasteiger partial charge in [-0.2, -0.15) is 0 Å². The van der Waals surface area contributed by atoms with Crippen molar-refractivity contribution in [2.75, 3.05) is 25.1 Å². The highest BCUT2D eigenvalue weighted by Gasteiger charge is 2.38. The zero-order valence-corrected chi connectivity index (χ0v) is 13.8. The Morgan fingerprint density at radius 1 is 1.22 bits per heavy atom. The van der Waals surface area contributed by atoms with Gasteiger partial charge in [0.15, 0.2) is 0 Å². The van der Waals surface area contributed by atoms with Gasteiger partial charge in [-0.25, -0.2) is 0 Å². The van der Waals surface area contributed by atoms with Crippen LogP contribution in [-0.4, -0.2) is 43.0 Å². The summed E-state index contributed by atoms with van der Waals surface area (Å²) in [6, 6.07) is 7.70. The van der Waals surface area contributed by atoms with Crippen molar-refractivity contribution in [2.45, 2.75) is 38.6 Å². The number of piperidine rings is 1. The van der Waals surface area contributed by atoms with Crippen molar-refractivity contribution < 1.29 is 14.3 Å². The van der Waals surface area contributed by atoms with E-state index < -0.39 is 0 Å². The van der Waals surface area contributed by atoms with E-state index in [9.17, 15) is 9.59 Å². The maximum atomic E-state index is 12.8. The standard InChI is InChI=1S/C18H24N2O3/c1-13-5-3-4-10-19(13)18(22)14-11-17(21)20(12-14)15-6-8-16(23-2)9-7-15/h6-9,13-14H,3-5,10-12H2,1-2H3/t13-,14+/m0/s1. The molecule has 0 aliphatic carbocycles. The molecule has 2 amide bonds. The van der Waals surface area contributed by atoms with Crippen molar-refractivity contribution in [1.29, 1.82) is 0 Å². The van der Waals surface area contributed by atoms with Gasteiger partial charge in [-0.3, -0.25) is 9.59 Å². The Labute approximate surface area is 137 Å². The summed E-state index contributed by atoms with van der Waals surface area (Å²) in [6.07, 6.45) is 3.63. The van der Waals surface area contributed by atoms with Crippen LogP contribution in [0.2, 0.25) is 0 Å². The van der Waals surface area contributed by atoms with Crippen LogP contribution in [0.1, 0.15) is 32.6 Å². The van der Waals surface area contributed by atoms with Crippen LogP contribution >= 0.6 is 0 Å². The molecule has 2 aliphatic rings. The average molecular weight is 316 g/mol. The van der Waals surface area contributed by atoms with Crippen molar-refractivity contribution in [1.82, 2.24) is 4.90 Å². The summed E-state index contributed by atoms with van der Waals surface area (Å²) in [5, 5.41) is 0. The number of rotatable bonds is 3. The van der Waals surface area contributed by atoms with Gasteiger partial charge in [-0.1, -0.05) is 0 Å². The number of benzene rings is 1. The molecule has 0 aromatic heterocycles. The van der Waals surface area contributed by atoms with E-state index in [0.717, 1.165) is 30.8 Å². The zero-order valence-electron chi connectivity index (χ0n) is 13.8. The number of ether oxygens (including phenoxy) is 1. The first-order valence-corrected chi connectivity index (χ1v) is 8.35. The summed E-state index contributed by atoms with van der Waals surface area (Å²) in [5.41, 5.74) is 0.831. The van der Waals surface area contributed by atoms with Gasteiger partial charge in [0.25, 0.3) is 0 Å². The smallest absolute Gasteiger partial charge is 0.228 e. The second-order valence-corrected chi connectivity index (χ2v) is 6.48. The van der Waals surface area contributed by atoms with E-state index in [1.807, 2.05) is 29.2 Å². The Bertz CT molecular complexity index is 584. The number of likely N-dealkylation sites (tertiary alicyclic amines) is 1. The topological polar surface area (TPSA) is 49.9 Å². The van der Waals surface area contributed by atoms with Crippen LogP contribution in [0.3, 0.4) is 0 Å². The van der Waals surface area contributed by atoms with Crippen LogP contribution in [0.5, 0.6) is 5.75 Å². The molecule has 2 saturated heterocycles. The Hall–Kier alpha value is -2.04. The molecule has 2 atom stereocenters. The summed E-state index contributed by atoms with van der Waals surface area (Å²) < 4.78 is 5.14. The van der Waals surface area contributed by atoms with Crippen molar-refractivity contribution in [3.63, 3.8) is 0 Å². The summed E-state index contributed by atoms with van der Waals surface area (Å²) in [5.74, 6) is 0.708. The number of carbonyl (C=O) groups excluding carboxylic acids is 2. The van der Waals surface area contributed by atoms with Crippen LogP contribution in [0.4, 0.5) is 5.69 Å². The quantitative estimate of drug-likeness (QED) is 0.860. The minimum absolute atomic E-state index is 0.0261. The lowest BCUT2D eigenvalue weighted by Gasteiger charge is -2.35. The number of carbonyl (C=O) groups is 2. The van der Waals surface area contributed by atoms with Gasteiger partial charge in [-0.05, 0) is 50.5 Å². The fraction of sp³-hybridized carbons (Fsp3) is 0.556. The van der Waals surface area contributed by atoms with E-state index in [2.05, 4.69) is 6.92 Å². The molecule has 0 radical (unpaired) electrons. The number of hydrogen-bond donors (Lipinski definition) is 0. The molecule has 0 spiro atoms. The van der Waals surface area contributed by atoms with E-state index in [1.165, 1.54) is 6.42 Å². The highest BCUT2D eigenvalue weighted by atomic mass is 16.5. The van der Waals surface area contributed by atoms with Gasteiger partial charge >= 0.3 is 0 Å². The molecule has 5 heteroatoms. The number of amides is 2. The number of methoxy groups -OCH3 is 1. The van der Waals surface area contributed by atoms with Gasteiger partial charge in [0, 0.05) is 31.2 Å². The van der Waals surface area contributed by atoms with E-state index in [4.69, 9.17) is 4.74 Å². The molecule has 1 aromatic rings. The second-order valence-electron chi connectivity index (χ2n) is 6.48. The van der Waals surface area contributed by atoms with Gasteiger partial charge in [-0.15, -0.1) is 0 Å². The first kappa shape index (κ1) is 15.8. The van der Waals surface area contributed by atoms with E-state index in [0.29, 0.717) is 19.0 Å². The minimum atomic E-state index is -0.217. The van der Waals surface area contributed by atoms with Crippen LogP contribution in [0.15, 0.2) is 24.3 Å². The van der Waals surface area contributed by atoms with Crippen LogP contribution in [-0.2, 0) is 9.59 Å². The third-order valence-electron chi connectivity index (χ3n) is 4.94. The largest absolute Gasteiger partial charge is 0.497 e. The molecule has 2 heterocycles. The predicted molar refractivity (Wildman–Crippen MR) is 88.5 cm³/mol. The van der Waals surface area contributed by atoms with Gasteiger partial charge in [0.05, 0.1) is 13.0 Å². The highest BCUT2D eigenvalue weighted by Crippen LogP contribution is 2.29. The molecule has 23 heavy (non-hydrogen) atoms. The van der Waals surface area contributed by atoms with Crippen molar-refractivity contribution in [2.24, 2.45) is 5.92 Å². The predicted octanol–water partition coefficient (Wildman–Crippen LogP) is 2.45. The lowest BCUT2D eigenvalue weighted by Crippen LogP contribution is -2.45. The molecule has 0 bridgehead atoms. The molecule has 3 rings (SSSR count). The van der Waals surface area contributed by atoms with Crippen molar-refractivity contribution >= 4 is 17.5 Å². The van der Waals surface area contributed by atoms with E-state index in [1.54, 1.807) is 12.0 Å². The molecular formula is C18H24N2O3. The molecule has 2 aliphatic heterocycles. The van der Waals surface area contributed by atoms with Crippen LogP contribution < -0.4 is 9.64 Å². The molecule has 0 unspecified atom stereocenters. The van der Waals surface area contributed by atoms with Crippen molar-refractivity contribution in [3.05, 3.63) is 24.3 Å². The maximum absolute atomic E-state index is 12.8. The van der Waals surface area contributed by atoms with E-state index >= 15 is 0 Å². The normalized spacial score (nSPS) is 24.9. The van der Waals surface area contributed by atoms with Crippen LogP contribution in [0.25, 0.3) is 0 Å². The van der Waals surface area contributed by atoms with E-state index in [-0.39, 0.29) is 17.7 Å². The average Bonchev–Trinajstić information content (AvgIpc) is 2.96. The highest BCUT2D eigenvalue weighted by molar-refractivity contribution is 6.00. The number of nitrogens with zero attached hydrogens (tertiary/aromatic N) is 2. The zero-order chi connectivity index (χ0) is 16.4. The summed E-state index contributed by atoms with van der Waals surface area (Å²) in [4.78, 5) is 28.8. The Morgan fingerprint density at radius 3 is 2.61 bits per heavy atom.